The predicted molar refractivity (Wildman–Crippen MR) is 67.9 cm³/mol. The zero-order valence-corrected chi connectivity index (χ0v) is 11.1. The van der Waals surface area contributed by atoms with Crippen LogP contribution in [0.5, 0.6) is 6.01 Å². The normalized spacial score (nSPS) is 17.7. The van der Waals surface area contributed by atoms with Crippen LogP contribution in [-0.4, -0.2) is 38.8 Å². The highest BCUT2D eigenvalue weighted by molar-refractivity contribution is 6.28. The standard InChI is InChI=1S/C11H17ClN4O2/c1-2-18-10-14-8(12)13-9(15-10)16-11(7-17)5-3-4-6-11/h17H,2-7H2,1H3,(H,13,14,15,16). The summed E-state index contributed by atoms with van der Waals surface area (Å²) in [6.07, 6.45) is 3.98. The summed E-state index contributed by atoms with van der Waals surface area (Å²) in [6.45, 7) is 2.36. The summed E-state index contributed by atoms with van der Waals surface area (Å²) < 4.78 is 5.21. The molecule has 1 aliphatic carbocycles. The van der Waals surface area contributed by atoms with E-state index in [0.717, 1.165) is 25.7 Å². The quantitative estimate of drug-likeness (QED) is 0.848. The van der Waals surface area contributed by atoms with Gasteiger partial charge < -0.3 is 15.2 Å². The maximum atomic E-state index is 9.52. The van der Waals surface area contributed by atoms with Gasteiger partial charge >= 0.3 is 6.01 Å². The molecule has 1 aromatic rings. The van der Waals surface area contributed by atoms with Gasteiger partial charge in [0.15, 0.2) is 0 Å². The van der Waals surface area contributed by atoms with E-state index in [0.29, 0.717) is 12.6 Å². The van der Waals surface area contributed by atoms with Crippen molar-refractivity contribution in [1.82, 2.24) is 15.0 Å². The first-order valence-electron chi connectivity index (χ1n) is 6.11. The summed E-state index contributed by atoms with van der Waals surface area (Å²) >= 11 is 5.82. The summed E-state index contributed by atoms with van der Waals surface area (Å²) in [6, 6.07) is 0.200. The molecule has 7 heteroatoms. The van der Waals surface area contributed by atoms with Crippen LogP contribution < -0.4 is 10.1 Å². The number of aliphatic hydroxyl groups is 1. The lowest BCUT2D eigenvalue weighted by atomic mass is 9.99. The van der Waals surface area contributed by atoms with Crippen LogP contribution >= 0.6 is 11.6 Å². The van der Waals surface area contributed by atoms with Crippen LogP contribution in [-0.2, 0) is 0 Å². The van der Waals surface area contributed by atoms with Gasteiger partial charge in [-0.1, -0.05) is 12.8 Å². The SMILES string of the molecule is CCOc1nc(Cl)nc(NC2(CO)CCCC2)n1. The lowest BCUT2D eigenvalue weighted by Crippen LogP contribution is -2.39. The van der Waals surface area contributed by atoms with Crippen LogP contribution in [0.1, 0.15) is 32.6 Å². The number of ether oxygens (including phenoxy) is 1. The molecule has 18 heavy (non-hydrogen) atoms. The molecule has 1 aromatic heterocycles. The smallest absolute Gasteiger partial charge is 0.322 e. The molecule has 0 spiro atoms. The number of rotatable bonds is 5. The van der Waals surface area contributed by atoms with Gasteiger partial charge in [0.1, 0.15) is 0 Å². The van der Waals surface area contributed by atoms with Gasteiger partial charge in [-0.05, 0) is 31.4 Å². The molecule has 1 fully saturated rings. The van der Waals surface area contributed by atoms with E-state index in [-0.39, 0.29) is 23.4 Å². The van der Waals surface area contributed by atoms with E-state index in [9.17, 15) is 5.11 Å². The molecule has 2 N–H and O–H groups in total. The minimum atomic E-state index is -0.339. The van der Waals surface area contributed by atoms with Crippen molar-refractivity contribution in [2.45, 2.75) is 38.1 Å². The van der Waals surface area contributed by atoms with Gasteiger partial charge in [0.25, 0.3) is 0 Å². The molecule has 0 unspecified atom stereocenters. The van der Waals surface area contributed by atoms with E-state index in [1.54, 1.807) is 0 Å². The Bertz CT molecular complexity index is 410. The molecule has 1 aliphatic rings. The van der Waals surface area contributed by atoms with E-state index in [2.05, 4.69) is 20.3 Å². The molecular formula is C11H17ClN4O2. The van der Waals surface area contributed by atoms with Crippen molar-refractivity contribution in [1.29, 1.82) is 0 Å². The monoisotopic (exact) mass is 272 g/mol. The van der Waals surface area contributed by atoms with E-state index < -0.39 is 0 Å². The lowest BCUT2D eigenvalue weighted by molar-refractivity contribution is 0.213. The zero-order valence-electron chi connectivity index (χ0n) is 10.3. The first kappa shape index (κ1) is 13.3. The molecule has 0 bridgehead atoms. The fourth-order valence-electron chi connectivity index (χ4n) is 2.19. The topological polar surface area (TPSA) is 80.2 Å². The summed E-state index contributed by atoms with van der Waals surface area (Å²) in [5.41, 5.74) is -0.339. The third-order valence-electron chi connectivity index (χ3n) is 3.10. The van der Waals surface area contributed by atoms with Crippen molar-refractivity contribution < 1.29 is 9.84 Å². The Kier molecular flexibility index (Phi) is 4.19. The maximum absolute atomic E-state index is 9.52. The fraction of sp³-hybridized carbons (Fsp3) is 0.727. The second kappa shape index (κ2) is 5.67. The van der Waals surface area contributed by atoms with Crippen LogP contribution in [0.15, 0.2) is 0 Å². The molecule has 1 saturated carbocycles. The number of aliphatic hydroxyl groups excluding tert-OH is 1. The van der Waals surface area contributed by atoms with Crippen LogP contribution in [0, 0.1) is 0 Å². The highest BCUT2D eigenvalue weighted by atomic mass is 35.5. The van der Waals surface area contributed by atoms with Crippen molar-refractivity contribution in [3.05, 3.63) is 5.28 Å². The van der Waals surface area contributed by atoms with Gasteiger partial charge in [-0.2, -0.15) is 15.0 Å². The summed E-state index contributed by atoms with van der Waals surface area (Å²) in [7, 11) is 0. The van der Waals surface area contributed by atoms with Crippen LogP contribution in [0.3, 0.4) is 0 Å². The Hall–Kier alpha value is -1.14. The molecule has 0 radical (unpaired) electrons. The Morgan fingerprint density at radius 1 is 1.33 bits per heavy atom. The van der Waals surface area contributed by atoms with E-state index in [1.165, 1.54) is 0 Å². The lowest BCUT2D eigenvalue weighted by Gasteiger charge is -2.27. The summed E-state index contributed by atoms with van der Waals surface area (Å²) in [5.74, 6) is 0.356. The largest absolute Gasteiger partial charge is 0.464 e. The number of hydrogen-bond donors (Lipinski definition) is 2. The number of nitrogens with zero attached hydrogens (tertiary/aromatic N) is 3. The fourth-order valence-corrected chi connectivity index (χ4v) is 2.35. The molecule has 6 nitrogen and oxygen atoms in total. The van der Waals surface area contributed by atoms with Crippen LogP contribution in [0.25, 0.3) is 0 Å². The highest BCUT2D eigenvalue weighted by Gasteiger charge is 2.34. The van der Waals surface area contributed by atoms with Gasteiger partial charge in [-0.15, -0.1) is 0 Å². The minimum Gasteiger partial charge on any atom is -0.464 e. The number of aromatic nitrogens is 3. The Labute approximate surface area is 111 Å². The number of hydrogen-bond acceptors (Lipinski definition) is 6. The van der Waals surface area contributed by atoms with Gasteiger partial charge in [-0.3, -0.25) is 0 Å². The molecule has 2 rings (SSSR count). The van der Waals surface area contributed by atoms with Gasteiger partial charge in [-0.25, -0.2) is 0 Å². The number of nitrogens with one attached hydrogen (secondary N) is 1. The predicted octanol–water partition coefficient (Wildman–Crippen LogP) is 1.64. The van der Waals surface area contributed by atoms with Crippen LogP contribution in [0.4, 0.5) is 5.95 Å². The van der Waals surface area contributed by atoms with Crippen molar-refractivity contribution in [3.63, 3.8) is 0 Å². The highest BCUT2D eigenvalue weighted by Crippen LogP contribution is 2.32. The van der Waals surface area contributed by atoms with Crippen molar-refractivity contribution in [2.75, 3.05) is 18.5 Å². The molecule has 0 aliphatic heterocycles. The van der Waals surface area contributed by atoms with E-state index in [1.807, 2.05) is 6.92 Å². The molecule has 0 aromatic carbocycles. The van der Waals surface area contributed by atoms with Gasteiger partial charge in [0.2, 0.25) is 11.2 Å². The van der Waals surface area contributed by atoms with E-state index in [4.69, 9.17) is 16.3 Å². The second-order valence-corrected chi connectivity index (χ2v) is 4.75. The maximum Gasteiger partial charge on any atom is 0.322 e. The van der Waals surface area contributed by atoms with Crippen molar-refractivity contribution in [2.24, 2.45) is 0 Å². The molecule has 100 valence electrons. The van der Waals surface area contributed by atoms with Crippen molar-refractivity contribution >= 4 is 17.5 Å². The average Bonchev–Trinajstić information content (AvgIpc) is 2.78. The number of anilines is 1. The second-order valence-electron chi connectivity index (χ2n) is 4.41. The molecule has 0 atom stereocenters. The third kappa shape index (κ3) is 3.00. The Balaban J connectivity index is 2.17. The van der Waals surface area contributed by atoms with Crippen LogP contribution in [0.2, 0.25) is 5.28 Å². The summed E-state index contributed by atoms with van der Waals surface area (Å²) in [5, 5.41) is 12.8. The Morgan fingerprint density at radius 3 is 2.67 bits per heavy atom. The average molecular weight is 273 g/mol. The first-order chi connectivity index (χ1) is 8.67. The number of halogens is 1. The van der Waals surface area contributed by atoms with Gasteiger partial charge in [0.05, 0.1) is 18.8 Å². The molecule has 0 amide bonds. The zero-order chi connectivity index (χ0) is 13.0. The molecule has 1 heterocycles. The Morgan fingerprint density at radius 2 is 2.06 bits per heavy atom. The van der Waals surface area contributed by atoms with Gasteiger partial charge in [0, 0.05) is 0 Å². The summed E-state index contributed by atoms with van der Waals surface area (Å²) in [4.78, 5) is 12.0. The molecular weight excluding hydrogens is 256 g/mol. The molecule has 0 saturated heterocycles. The van der Waals surface area contributed by atoms with E-state index >= 15 is 0 Å². The van der Waals surface area contributed by atoms with Crippen molar-refractivity contribution in [3.8, 4) is 6.01 Å². The third-order valence-corrected chi connectivity index (χ3v) is 3.27. The first-order valence-corrected chi connectivity index (χ1v) is 6.49. The minimum absolute atomic E-state index is 0.0558.